The summed E-state index contributed by atoms with van der Waals surface area (Å²) in [6.45, 7) is 3.01. The van der Waals surface area contributed by atoms with Crippen LogP contribution in [0.1, 0.15) is 35.7 Å². The van der Waals surface area contributed by atoms with Gasteiger partial charge in [-0.25, -0.2) is 4.79 Å². The first-order valence-electron chi connectivity index (χ1n) is 10.3. The maximum atomic E-state index is 12.9. The zero-order valence-corrected chi connectivity index (χ0v) is 16.8. The van der Waals surface area contributed by atoms with Crippen molar-refractivity contribution in [3.05, 3.63) is 53.6 Å². The van der Waals surface area contributed by atoms with Crippen molar-refractivity contribution in [2.24, 2.45) is 0 Å². The molecule has 5 rings (SSSR count). The number of nitrogens with one attached hydrogen (secondary N) is 1. The number of ether oxygens (including phenoxy) is 1. The molecule has 30 heavy (non-hydrogen) atoms. The van der Waals surface area contributed by atoms with Crippen molar-refractivity contribution in [1.82, 2.24) is 0 Å². The fourth-order valence-corrected chi connectivity index (χ4v) is 4.62. The molecule has 1 fully saturated rings. The van der Waals surface area contributed by atoms with Gasteiger partial charge in [-0.05, 0) is 56.0 Å². The fraction of sp³-hybridized carbons (Fsp3) is 0.348. The summed E-state index contributed by atoms with van der Waals surface area (Å²) in [5.41, 5.74) is 3.84. The number of anilines is 3. The number of para-hydroxylation sites is 1. The first-order valence-corrected chi connectivity index (χ1v) is 10.3. The number of hydrogen-bond acceptors (Lipinski definition) is 5. The summed E-state index contributed by atoms with van der Waals surface area (Å²) in [7, 11) is 0. The van der Waals surface area contributed by atoms with Crippen molar-refractivity contribution >= 4 is 34.8 Å². The molecule has 0 aliphatic carbocycles. The highest BCUT2D eigenvalue weighted by Gasteiger charge is 2.37. The van der Waals surface area contributed by atoms with Crippen molar-refractivity contribution in [1.29, 1.82) is 0 Å². The van der Waals surface area contributed by atoms with Crippen LogP contribution in [0.25, 0.3) is 0 Å². The average Bonchev–Trinajstić information content (AvgIpc) is 3.40. The zero-order chi connectivity index (χ0) is 20.8. The quantitative estimate of drug-likeness (QED) is 0.795. The second-order valence-electron chi connectivity index (χ2n) is 7.99. The maximum Gasteiger partial charge on any atom is 0.338 e. The van der Waals surface area contributed by atoms with E-state index in [9.17, 15) is 14.4 Å². The van der Waals surface area contributed by atoms with Gasteiger partial charge >= 0.3 is 5.97 Å². The lowest BCUT2D eigenvalue weighted by Gasteiger charge is -2.33. The van der Waals surface area contributed by atoms with Gasteiger partial charge in [-0.15, -0.1) is 0 Å². The smallest absolute Gasteiger partial charge is 0.338 e. The van der Waals surface area contributed by atoms with E-state index >= 15 is 0 Å². The highest BCUT2D eigenvalue weighted by atomic mass is 16.5. The van der Waals surface area contributed by atoms with Gasteiger partial charge in [0.25, 0.3) is 5.91 Å². The molecule has 0 unspecified atom stereocenters. The molecule has 1 N–H and O–H groups in total. The first-order chi connectivity index (χ1) is 14.5. The number of fused-ring (bicyclic) bond motifs is 4. The number of rotatable bonds is 3. The summed E-state index contributed by atoms with van der Waals surface area (Å²) >= 11 is 0. The predicted molar refractivity (Wildman–Crippen MR) is 113 cm³/mol. The van der Waals surface area contributed by atoms with Crippen LogP contribution in [0.2, 0.25) is 0 Å². The fourth-order valence-electron chi connectivity index (χ4n) is 4.62. The summed E-state index contributed by atoms with van der Waals surface area (Å²) in [5, 5.41) is 2.89. The predicted octanol–water partition coefficient (Wildman–Crippen LogP) is 2.74. The second kappa shape index (κ2) is 7.16. The molecule has 2 aromatic rings. The van der Waals surface area contributed by atoms with Gasteiger partial charge in [-0.2, -0.15) is 0 Å². The molecule has 154 valence electrons. The van der Waals surface area contributed by atoms with E-state index in [1.165, 1.54) is 0 Å². The molecule has 7 heteroatoms. The van der Waals surface area contributed by atoms with E-state index in [0.717, 1.165) is 42.7 Å². The molecular formula is C23H23N3O4. The molecule has 3 heterocycles. The number of carbonyl (C=O) groups is 3. The lowest BCUT2D eigenvalue weighted by molar-refractivity contribution is -0.126. The van der Waals surface area contributed by atoms with Gasteiger partial charge in [-0.3, -0.25) is 9.59 Å². The molecular weight excluding hydrogens is 382 g/mol. The molecule has 0 spiro atoms. The standard InChI is InChI=1S/C23H23N3O4/c1-14(22(28)26-12-10-15-5-2-3-6-18(15)26)30-23(29)16-8-9-19-17(13-16)24-21(27)20-7-4-11-25(19)20/h2-3,5-6,8-9,13-14,20H,4,7,10-12H2,1H3,(H,24,27)/t14-,20-/m0/s1. The largest absolute Gasteiger partial charge is 0.449 e. The zero-order valence-electron chi connectivity index (χ0n) is 16.8. The van der Waals surface area contributed by atoms with Crippen molar-refractivity contribution in [2.75, 3.05) is 28.2 Å². The topological polar surface area (TPSA) is 79.0 Å². The molecule has 0 bridgehead atoms. The van der Waals surface area contributed by atoms with Gasteiger partial charge in [0.2, 0.25) is 5.91 Å². The lowest BCUT2D eigenvalue weighted by Crippen LogP contribution is -2.44. The van der Waals surface area contributed by atoms with Gasteiger partial charge in [0.1, 0.15) is 6.04 Å². The molecule has 2 amide bonds. The van der Waals surface area contributed by atoms with Crippen LogP contribution in [-0.4, -0.2) is 43.0 Å². The Morgan fingerprint density at radius 1 is 1.13 bits per heavy atom. The van der Waals surface area contributed by atoms with E-state index in [0.29, 0.717) is 17.8 Å². The Hall–Kier alpha value is -3.35. The summed E-state index contributed by atoms with van der Waals surface area (Å²) < 4.78 is 5.47. The highest BCUT2D eigenvalue weighted by Crippen LogP contribution is 2.37. The number of benzene rings is 2. The van der Waals surface area contributed by atoms with Crippen LogP contribution in [0.15, 0.2) is 42.5 Å². The summed E-state index contributed by atoms with van der Waals surface area (Å²) in [6, 6.07) is 12.8. The van der Waals surface area contributed by atoms with Crippen LogP contribution < -0.4 is 15.1 Å². The summed E-state index contributed by atoms with van der Waals surface area (Å²) in [4.78, 5) is 41.6. The molecule has 0 aromatic heterocycles. The van der Waals surface area contributed by atoms with Gasteiger partial charge in [0, 0.05) is 18.8 Å². The van der Waals surface area contributed by atoms with Crippen LogP contribution in [-0.2, 0) is 20.7 Å². The van der Waals surface area contributed by atoms with Crippen LogP contribution in [0.4, 0.5) is 17.1 Å². The van der Waals surface area contributed by atoms with Crippen molar-refractivity contribution in [3.8, 4) is 0 Å². The minimum atomic E-state index is -0.905. The Labute approximate surface area is 174 Å². The van der Waals surface area contributed by atoms with Crippen molar-refractivity contribution < 1.29 is 19.1 Å². The number of esters is 1. The second-order valence-corrected chi connectivity index (χ2v) is 7.99. The minimum Gasteiger partial charge on any atom is -0.449 e. The van der Waals surface area contributed by atoms with Gasteiger partial charge in [0.15, 0.2) is 6.10 Å². The lowest BCUT2D eigenvalue weighted by atomic mass is 10.1. The monoisotopic (exact) mass is 405 g/mol. The van der Waals surface area contributed by atoms with E-state index < -0.39 is 12.1 Å². The van der Waals surface area contributed by atoms with Crippen LogP contribution in [0.3, 0.4) is 0 Å². The maximum absolute atomic E-state index is 12.9. The summed E-state index contributed by atoms with van der Waals surface area (Å²) in [6.07, 6.45) is 1.71. The number of hydrogen-bond donors (Lipinski definition) is 1. The molecule has 3 aliphatic rings. The average molecular weight is 405 g/mol. The Morgan fingerprint density at radius 2 is 1.97 bits per heavy atom. The molecule has 2 aromatic carbocycles. The third-order valence-corrected chi connectivity index (χ3v) is 6.14. The summed E-state index contributed by atoms with van der Waals surface area (Å²) in [5.74, 6) is -0.856. The first kappa shape index (κ1) is 18.7. The van der Waals surface area contributed by atoms with Gasteiger partial charge in [0.05, 0.1) is 16.9 Å². The van der Waals surface area contributed by atoms with Gasteiger partial charge < -0.3 is 19.9 Å². The van der Waals surface area contributed by atoms with Crippen LogP contribution in [0, 0.1) is 0 Å². The molecule has 3 aliphatic heterocycles. The Bertz CT molecular complexity index is 1050. The minimum absolute atomic E-state index is 0.0400. The van der Waals surface area contributed by atoms with Gasteiger partial charge in [-0.1, -0.05) is 18.2 Å². The molecule has 0 radical (unpaired) electrons. The third kappa shape index (κ3) is 3.01. The third-order valence-electron chi connectivity index (χ3n) is 6.14. The molecule has 0 saturated carbocycles. The molecule has 2 atom stereocenters. The van der Waals surface area contributed by atoms with E-state index in [1.54, 1.807) is 24.0 Å². The number of nitrogens with zero attached hydrogens (tertiary/aromatic N) is 2. The number of amides is 2. The van der Waals surface area contributed by atoms with Crippen molar-refractivity contribution in [2.45, 2.75) is 38.3 Å². The van der Waals surface area contributed by atoms with Crippen LogP contribution in [0.5, 0.6) is 0 Å². The molecule has 7 nitrogen and oxygen atoms in total. The van der Waals surface area contributed by atoms with Crippen molar-refractivity contribution in [3.63, 3.8) is 0 Å². The van der Waals surface area contributed by atoms with Crippen LogP contribution >= 0.6 is 0 Å². The SMILES string of the molecule is C[C@H](OC(=O)c1ccc2c(c1)NC(=O)[C@@H]1CCCN21)C(=O)N1CCc2ccccc21. The number of carbonyl (C=O) groups excluding carboxylic acids is 3. The van der Waals surface area contributed by atoms with E-state index in [1.807, 2.05) is 30.3 Å². The highest BCUT2D eigenvalue weighted by molar-refractivity contribution is 6.06. The van der Waals surface area contributed by atoms with E-state index in [2.05, 4.69) is 10.2 Å². The Kier molecular flexibility index (Phi) is 4.46. The van der Waals surface area contributed by atoms with E-state index in [4.69, 9.17) is 4.74 Å². The van der Waals surface area contributed by atoms with E-state index in [-0.39, 0.29) is 17.9 Å². The normalized spacial score (nSPS) is 20.2. The Morgan fingerprint density at radius 3 is 2.83 bits per heavy atom. The Balaban J connectivity index is 1.31. The molecule has 1 saturated heterocycles.